The fourth-order valence-electron chi connectivity index (χ4n) is 3.20. The van der Waals surface area contributed by atoms with E-state index in [4.69, 9.17) is 9.47 Å². The molecule has 3 nitrogen and oxygen atoms in total. The number of aromatic nitrogens is 1. The highest BCUT2D eigenvalue weighted by atomic mass is 16.5. The van der Waals surface area contributed by atoms with Gasteiger partial charge in [0.1, 0.15) is 6.61 Å². The monoisotopic (exact) mass is 343 g/mol. The van der Waals surface area contributed by atoms with E-state index >= 15 is 0 Å². The van der Waals surface area contributed by atoms with Gasteiger partial charge in [0.05, 0.1) is 12.6 Å². The first-order valence-corrected chi connectivity index (χ1v) is 8.71. The summed E-state index contributed by atoms with van der Waals surface area (Å²) < 4.78 is 13.9. The van der Waals surface area contributed by atoms with Crippen LogP contribution in [0, 0.1) is 0 Å². The fourth-order valence-corrected chi connectivity index (χ4v) is 3.20. The number of fused-ring (bicyclic) bond motifs is 1. The second-order valence-electron chi connectivity index (χ2n) is 6.23. The van der Waals surface area contributed by atoms with E-state index in [1.807, 2.05) is 30.3 Å². The molecule has 3 heteroatoms. The van der Waals surface area contributed by atoms with Crippen LogP contribution in [-0.2, 0) is 13.2 Å². The molecule has 0 bridgehead atoms. The molecule has 0 spiro atoms. The van der Waals surface area contributed by atoms with Gasteiger partial charge < -0.3 is 14.0 Å². The van der Waals surface area contributed by atoms with Gasteiger partial charge in [-0.05, 0) is 29.3 Å². The zero-order valence-corrected chi connectivity index (χ0v) is 14.8. The summed E-state index contributed by atoms with van der Waals surface area (Å²) in [6, 6.07) is 26.8. The summed E-state index contributed by atoms with van der Waals surface area (Å²) in [7, 11) is 1.69. The first-order chi connectivity index (χ1) is 12.8. The predicted octanol–water partition coefficient (Wildman–Crippen LogP) is 5.28. The molecule has 1 aromatic heterocycles. The lowest BCUT2D eigenvalue weighted by Gasteiger charge is -2.13. The third-order valence-corrected chi connectivity index (χ3v) is 4.50. The van der Waals surface area contributed by atoms with Crippen molar-refractivity contribution in [3.8, 4) is 11.5 Å². The Bertz CT molecular complexity index is 991. The van der Waals surface area contributed by atoms with E-state index < -0.39 is 0 Å². The average Bonchev–Trinajstić information content (AvgIpc) is 3.10. The van der Waals surface area contributed by atoms with Gasteiger partial charge in [-0.3, -0.25) is 0 Å². The van der Waals surface area contributed by atoms with Crippen LogP contribution in [0.3, 0.4) is 0 Å². The Morgan fingerprint density at radius 1 is 0.769 bits per heavy atom. The van der Waals surface area contributed by atoms with Crippen LogP contribution in [0.1, 0.15) is 11.1 Å². The van der Waals surface area contributed by atoms with Crippen molar-refractivity contribution in [2.45, 2.75) is 13.2 Å². The van der Waals surface area contributed by atoms with Crippen molar-refractivity contribution in [1.82, 2.24) is 4.57 Å². The van der Waals surface area contributed by atoms with E-state index in [1.54, 1.807) is 7.11 Å². The first kappa shape index (κ1) is 16.3. The molecule has 0 aliphatic rings. The minimum absolute atomic E-state index is 0.521. The van der Waals surface area contributed by atoms with Crippen molar-refractivity contribution in [3.05, 3.63) is 96.2 Å². The van der Waals surface area contributed by atoms with Crippen LogP contribution in [0.25, 0.3) is 10.9 Å². The first-order valence-electron chi connectivity index (χ1n) is 8.71. The summed E-state index contributed by atoms with van der Waals surface area (Å²) in [5, 5.41) is 1.06. The normalized spacial score (nSPS) is 10.8. The molecule has 3 aromatic carbocycles. The Hall–Kier alpha value is -3.20. The third kappa shape index (κ3) is 3.29. The highest BCUT2D eigenvalue weighted by molar-refractivity contribution is 5.89. The minimum Gasteiger partial charge on any atom is -0.492 e. The molecule has 0 saturated heterocycles. The molecule has 4 rings (SSSR count). The molecule has 0 radical (unpaired) electrons. The van der Waals surface area contributed by atoms with Gasteiger partial charge in [0.25, 0.3) is 0 Å². The molecule has 0 saturated carbocycles. The van der Waals surface area contributed by atoms with E-state index in [0.29, 0.717) is 6.61 Å². The van der Waals surface area contributed by atoms with Gasteiger partial charge >= 0.3 is 0 Å². The van der Waals surface area contributed by atoms with Crippen molar-refractivity contribution in [2.75, 3.05) is 7.11 Å². The van der Waals surface area contributed by atoms with Gasteiger partial charge in [-0.15, -0.1) is 0 Å². The zero-order chi connectivity index (χ0) is 17.8. The molecule has 0 fully saturated rings. The van der Waals surface area contributed by atoms with Crippen LogP contribution < -0.4 is 9.47 Å². The van der Waals surface area contributed by atoms with Crippen molar-refractivity contribution in [1.29, 1.82) is 0 Å². The molecule has 0 atom stereocenters. The van der Waals surface area contributed by atoms with Crippen LogP contribution in [0.15, 0.2) is 85.1 Å². The Balaban J connectivity index is 1.62. The summed E-state index contributed by atoms with van der Waals surface area (Å²) in [4.78, 5) is 0. The zero-order valence-electron chi connectivity index (χ0n) is 14.8. The summed E-state index contributed by atoms with van der Waals surface area (Å²) in [5.41, 5.74) is 3.54. The van der Waals surface area contributed by atoms with Crippen molar-refractivity contribution < 1.29 is 9.47 Å². The van der Waals surface area contributed by atoms with Crippen LogP contribution >= 0.6 is 0 Å². The minimum atomic E-state index is 0.521. The maximum atomic E-state index is 6.02. The molecule has 0 unspecified atom stereocenters. The smallest absolute Gasteiger partial charge is 0.170 e. The predicted molar refractivity (Wildman–Crippen MR) is 105 cm³/mol. The molecule has 0 amide bonds. The second kappa shape index (κ2) is 7.36. The molecular formula is C23H21NO2. The van der Waals surface area contributed by atoms with Crippen LogP contribution in [-0.4, -0.2) is 11.7 Å². The largest absolute Gasteiger partial charge is 0.492 e. The number of benzene rings is 3. The Labute approximate surface area is 153 Å². The molecule has 4 aromatic rings. The molecular weight excluding hydrogens is 322 g/mol. The van der Waals surface area contributed by atoms with Crippen LogP contribution in [0.2, 0.25) is 0 Å². The van der Waals surface area contributed by atoms with E-state index in [9.17, 15) is 0 Å². The maximum absolute atomic E-state index is 6.02. The summed E-state index contributed by atoms with van der Waals surface area (Å²) >= 11 is 0. The maximum Gasteiger partial charge on any atom is 0.170 e. The number of methoxy groups -OCH3 is 1. The summed E-state index contributed by atoms with van der Waals surface area (Å²) in [6.07, 6.45) is 2.10. The Morgan fingerprint density at radius 3 is 2.15 bits per heavy atom. The lowest BCUT2D eigenvalue weighted by atomic mass is 10.2. The molecule has 0 N–H and O–H groups in total. The van der Waals surface area contributed by atoms with E-state index in [0.717, 1.165) is 34.5 Å². The highest BCUT2D eigenvalue weighted by Gasteiger charge is 2.13. The van der Waals surface area contributed by atoms with Gasteiger partial charge in [-0.2, -0.15) is 0 Å². The Kier molecular flexibility index (Phi) is 4.61. The molecule has 0 aliphatic carbocycles. The number of hydrogen-bond donors (Lipinski definition) is 0. The van der Waals surface area contributed by atoms with E-state index in [1.165, 1.54) is 5.56 Å². The van der Waals surface area contributed by atoms with Gasteiger partial charge in [0, 0.05) is 18.1 Å². The number of nitrogens with zero attached hydrogens (tertiary/aromatic N) is 1. The van der Waals surface area contributed by atoms with Gasteiger partial charge in [-0.1, -0.05) is 60.7 Å². The topological polar surface area (TPSA) is 23.4 Å². The standard InChI is InChI=1S/C23H21NO2/c1-25-23-20-14-15-24(16-18-8-4-2-5-9-18)21(20)12-13-22(23)26-17-19-10-6-3-7-11-19/h2-15H,16-17H2,1H3. The SMILES string of the molecule is COc1c(OCc2ccccc2)ccc2c1ccn2Cc1ccccc1. The van der Waals surface area contributed by atoms with Crippen LogP contribution in [0.4, 0.5) is 0 Å². The summed E-state index contributed by atoms with van der Waals surface area (Å²) in [6.45, 7) is 1.35. The number of hydrogen-bond acceptors (Lipinski definition) is 2. The quantitative estimate of drug-likeness (QED) is 0.476. The van der Waals surface area contributed by atoms with Crippen molar-refractivity contribution >= 4 is 10.9 Å². The van der Waals surface area contributed by atoms with Crippen molar-refractivity contribution in [3.63, 3.8) is 0 Å². The lowest BCUT2D eigenvalue weighted by Crippen LogP contribution is -2.00. The van der Waals surface area contributed by atoms with E-state index in [-0.39, 0.29) is 0 Å². The average molecular weight is 343 g/mol. The van der Waals surface area contributed by atoms with Gasteiger partial charge in [-0.25, -0.2) is 0 Å². The molecule has 0 aliphatic heterocycles. The van der Waals surface area contributed by atoms with Gasteiger partial charge in [0.2, 0.25) is 0 Å². The molecule has 26 heavy (non-hydrogen) atoms. The van der Waals surface area contributed by atoms with Crippen LogP contribution in [0.5, 0.6) is 11.5 Å². The molecule has 1 heterocycles. The molecule has 130 valence electrons. The Morgan fingerprint density at radius 2 is 1.46 bits per heavy atom. The number of rotatable bonds is 6. The second-order valence-corrected chi connectivity index (χ2v) is 6.23. The fraction of sp³-hybridized carbons (Fsp3) is 0.130. The van der Waals surface area contributed by atoms with Gasteiger partial charge in [0.15, 0.2) is 11.5 Å². The van der Waals surface area contributed by atoms with Crippen molar-refractivity contribution in [2.24, 2.45) is 0 Å². The summed E-state index contributed by atoms with van der Waals surface area (Å²) in [5.74, 6) is 1.55. The highest BCUT2D eigenvalue weighted by Crippen LogP contribution is 2.36. The third-order valence-electron chi connectivity index (χ3n) is 4.50. The lowest BCUT2D eigenvalue weighted by molar-refractivity contribution is 0.286. The van der Waals surface area contributed by atoms with E-state index in [2.05, 4.69) is 59.3 Å². The number of ether oxygens (including phenoxy) is 2.